The minimum absolute atomic E-state index is 0.124. The Morgan fingerprint density at radius 1 is 1.00 bits per heavy atom. The average Bonchev–Trinajstić information content (AvgIpc) is 3.02. The summed E-state index contributed by atoms with van der Waals surface area (Å²) in [6.45, 7) is 0. The van der Waals surface area contributed by atoms with Crippen molar-refractivity contribution < 1.29 is 9.15 Å². The number of aromatic nitrogens is 1. The fraction of sp³-hybridized carbons (Fsp3) is 0.316. The van der Waals surface area contributed by atoms with E-state index < -0.39 is 0 Å². The Labute approximate surface area is 135 Å². The van der Waals surface area contributed by atoms with Gasteiger partial charge in [0.05, 0.1) is 0 Å². The fourth-order valence-electron chi connectivity index (χ4n) is 3.12. The van der Waals surface area contributed by atoms with E-state index in [0.29, 0.717) is 5.89 Å². The third-order valence-electron chi connectivity index (χ3n) is 4.44. The normalized spacial score (nSPS) is 21.4. The molecule has 0 radical (unpaired) electrons. The highest BCUT2D eigenvalue weighted by atomic mass is 16.5. The lowest BCUT2D eigenvalue weighted by Gasteiger charge is -2.29. The first-order valence-electron chi connectivity index (χ1n) is 8.18. The average molecular weight is 308 g/mol. The van der Waals surface area contributed by atoms with Crippen molar-refractivity contribution in [2.45, 2.75) is 37.8 Å². The van der Waals surface area contributed by atoms with Crippen LogP contribution in [0.1, 0.15) is 25.7 Å². The van der Waals surface area contributed by atoms with E-state index in [1.165, 1.54) is 12.8 Å². The Balaban J connectivity index is 1.53. The number of nitrogens with zero attached hydrogens (tertiary/aromatic N) is 1. The first-order valence-corrected chi connectivity index (χ1v) is 8.18. The predicted molar refractivity (Wildman–Crippen MR) is 90.3 cm³/mol. The quantitative estimate of drug-likeness (QED) is 0.790. The van der Waals surface area contributed by atoms with Gasteiger partial charge in [0.2, 0.25) is 5.89 Å². The molecule has 2 atom stereocenters. The summed E-state index contributed by atoms with van der Waals surface area (Å²) >= 11 is 0. The van der Waals surface area contributed by atoms with Gasteiger partial charge in [-0.15, -0.1) is 0 Å². The van der Waals surface area contributed by atoms with E-state index in [1.54, 1.807) is 0 Å². The number of benzene rings is 2. The third-order valence-corrected chi connectivity index (χ3v) is 4.44. The SMILES string of the molecule is NC1CCCCC1Oc1ccc(-c2nc3ccccc3o2)cc1. The van der Waals surface area contributed by atoms with E-state index in [0.717, 1.165) is 35.3 Å². The fourth-order valence-corrected chi connectivity index (χ4v) is 3.12. The maximum absolute atomic E-state index is 6.14. The Hall–Kier alpha value is -2.33. The van der Waals surface area contributed by atoms with Crippen molar-refractivity contribution in [3.8, 4) is 17.2 Å². The van der Waals surface area contributed by atoms with E-state index in [9.17, 15) is 0 Å². The maximum atomic E-state index is 6.14. The van der Waals surface area contributed by atoms with E-state index in [1.807, 2.05) is 48.5 Å². The molecule has 0 amide bonds. The highest BCUT2D eigenvalue weighted by Gasteiger charge is 2.23. The van der Waals surface area contributed by atoms with Crippen LogP contribution >= 0.6 is 0 Å². The molecular weight excluding hydrogens is 288 g/mol. The van der Waals surface area contributed by atoms with Crippen LogP contribution in [0.3, 0.4) is 0 Å². The zero-order valence-electron chi connectivity index (χ0n) is 12.9. The predicted octanol–water partition coefficient (Wildman–Crippen LogP) is 4.14. The highest BCUT2D eigenvalue weighted by molar-refractivity contribution is 5.76. The molecule has 3 aromatic rings. The first-order chi connectivity index (χ1) is 11.3. The molecule has 4 rings (SSSR count). The zero-order valence-corrected chi connectivity index (χ0v) is 12.9. The zero-order chi connectivity index (χ0) is 15.6. The molecular formula is C19H20N2O2. The van der Waals surface area contributed by atoms with E-state index in [2.05, 4.69) is 4.98 Å². The van der Waals surface area contributed by atoms with Crippen LogP contribution in [0.25, 0.3) is 22.6 Å². The molecule has 1 aromatic heterocycles. The molecule has 0 aliphatic heterocycles. The van der Waals surface area contributed by atoms with Gasteiger partial charge in [0.15, 0.2) is 5.58 Å². The smallest absolute Gasteiger partial charge is 0.227 e. The summed E-state index contributed by atoms with van der Waals surface area (Å²) in [5, 5.41) is 0. The number of hydrogen-bond donors (Lipinski definition) is 1. The summed E-state index contributed by atoms with van der Waals surface area (Å²) in [6, 6.07) is 15.8. The van der Waals surface area contributed by atoms with E-state index >= 15 is 0 Å². The Bertz CT molecular complexity index is 761. The Kier molecular flexibility index (Phi) is 3.75. The summed E-state index contributed by atoms with van der Waals surface area (Å²) in [6.07, 6.45) is 4.61. The maximum Gasteiger partial charge on any atom is 0.227 e. The molecule has 0 bridgehead atoms. The number of nitrogens with two attached hydrogens (primary N) is 1. The monoisotopic (exact) mass is 308 g/mol. The minimum Gasteiger partial charge on any atom is -0.489 e. The van der Waals surface area contributed by atoms with Crippen molar-refractivity contribution in [2.24, 2.45) is 5.73 Å². The van der Waals surface area contributed by atoms with Crippen LogP contribution in [0, 0.1) is 0 Å². The van der Waals surface area contributed by atoms with Gasteiger partial charge in [0, 0.05) is 11.6 Å². The van der Waals surface area contributed by atoms with Gasteiger partial charge >= 0.3 is 0 Å². The van der Waals surface area contributed by atoms with Gasteiger partial charge in [0.1, 0.15) is 17.4 Å². The molecule has 2 N–H and O–H groups in total. The van der Waals surface area contributed by atoms with Crippen LogP contribution in [0.2, 0.25) is 0 Å². The largest absolute Gasteiger partial charge is 0.489 e. The summed E-state index contributed by atoms with van der Waals surface area (Å²) in [5.41, 5.74) is 8.76. The number of rotatable bonds is 3. The molecule has 0 saturated heterocycles. The summed E-state index contributed by atoms with van der Waals surface area (Å²) in [4.78, 5) is 4.51. The lowest BCUT2D eigenvalue weighted by atomic mass is 9.93. The van der Waals surface area contributed by atoms with Gasteiger partial charge in [0.25, 0.3) is 0 Å². The molecule has 1 fully saturated rings. The highest BCUT2D eigenvalue weighted by Crippen LogP contribution is 2.27. The molecule has 23 heavy (non-hydrogen) atoms. The van der Waals surface area contributed by atoms with Gasteiger partial charge in [-0.3, -0.25) is 0 Å². The second kappa shape index (κ2) is 6.05. The van der Waals surface area contributed by atoms with Crippen molar-refractivity contribution >= 4 is 11.1 Å². The molecule has 1 aliphatic rings. The number of ether oxygens (including phenoxy) is 1. The van der Waals surface area contributed by atoms with Crippen molar-refractivity contribution in [3.05, 3.63) is 48.5 Å². The topological polar surface area (TPSA) is 61.3 Å². The van der Waals surface area contributed by atoms with Crippen molar-refractivity contribution in [2.75, 3.05) is 0 Å². The molecule has 2 aromatic carbocycles. The molecule has 2 unspecified atom stereocenters. The summed E-state index contributed by atoms with van der Waals surface area (Å²) in [7, 11) is 0. The molecule has 4 heteroatoms. The van der Waals surface area contributed by atoms with Crippen molar-refractivity contribution in [1.82, 2.24) is 4.98 Å². The molecule has 4 nitrogen and oxygen atoms in total. The molecule has 1 heterocycles. The van der Waals surface area contributed by atoms with Gasteiger partial charge < -0.3 is 14.9 Å². The standard InChI is InChI=1S/C19H20N2O2/c20-15-5-1-3-7-17(15)22-14-11-9-13(10-12-14)19-21-16-6-2-4-8-18(16)23-19/h2,4,6,8-12,15,17H,1,3,5,7,20H2. The molecule has 1 aliphatic carbocycles. The third kappa shape index (κ3) is 2.94. The number of oxazole rings is 1. The van der Waals surface area contributed by atoms with Crippen LogP contribution in [-0.4, -0.2) is 17.1 Å². The van der Waals surface area contributed by atoms with Crippen LogP contribution in [-0.2, 0) is 0 Å². The summed E-state index contributed by atoms with van der Waals surface area (Å²) < 4.78 is 11.8. The van der Waals surface area contributed by atoms with Crippen LogP contribution < -0.4 is 10.5 Å². The van der Waals surface area contributed by atoms with Crippen LogP contribution in [0.15, 0.2) is 52.9 Å². The van der Waals surface area contributed by atoms with Crippen LogP contribution in [0.4, 0.5) is 0 Å². The Morgan fingerprint density at radius 3 is 2.57 bits per heavy atom. The lowest BCUT2D eigenvalue weighted by molar-refractivity contribution is 0.132. The number of para-hydroxylation sites is 2. The van der Waals surface area contributed by atoms with Crippen molar-refractivity contribution in [3.63, 3.8) is 0 Å². The molecule has 0 spiro atoms. The first kappa shape index (κ1) is 14.3. The second-order valence-electron chi connectivity index (χ2n) is 6.12. The molecule has 1 saturated carbocycles. The second-order valence-corrected chi connectivity index (χ2v) is 6.12. The van der Waals surface area contributed by atoms with Crippen molar-refractivity contribution in [1.29, 1.82) is 0 Å². The number of hydrogen-bond acceptors (Lipinski definition) is 4. The lowest BCUT2D eigenvalue weighted by Crippen LogP contribution is -2.41. The van der Waals surface area contributed by atoms with Crippen LogP contribution in [0.5, 0.6) is 5.75 Å². The van der Waals surface area contributed by atoms with Gasteiger partial charge in [-0.25, -0.2) is 4.98 Å². The van der Waals surface area contributed by atoms with Gasteiger partial charge in [-0.1, -0.05) is 18.6 Å². The summed E-state index contributed by atoms with van der Waals surface area (Å²) in [5.74, 6) is 1.49. The van der Waals surface area contributed by atoms with Gasteiger partial charge in [-0.05, 0) is 55.7 Å². The van der Waals surface area contributed by atoms with E-state index in [-0.39, 0.29) is 12.1 Å². The van der Waals surface area contributed by atoms with E-state index in [4.69, 9.17) is 14.9 Å². The minimum atomic E-state index is 0.124. The molecule has 118 valence electrons. The van der Waals surface area contributed by atoms with Gasteiger partial charge in [-0.2, -0.15) is 0 Å². The number of fused-ring (bicyclic) bond motifs is 1. The Morgan fingerprint density at radius 2 is 1.78 bits per heavy atom.